The van der Waals surface area contributed by atoms with Gasteiger partial charge in [-0.15, -0.1) is 23.5 Å². The molecule has 2 atom stereocenters. The Morgan fingerprint density at radius 3 is 3.06 bits per heavy atom. The first-order chi connectivity index (χ1) is 8.07. The second-order valence-electron chi connectivity index (χ2n) is 3.46. The molecule has 2 aliphatic heterocycles. The SMILES string of the molecule is N#CCSC1=C(C(=O)O)N2C(=O)[C@@H](N)[C@@H]2SC1. The molecule has 0 aromatic rings. The van der Waals surface area contributed by atoms with Gasteiger partial charge in [0.1, 0.15) is 17.1 Å². The Balaban J connectivity index is 2.30. The lowest BCUT2D eigenvalue weighted by molar-refractivity contribution is -0.147. The first-order valence-corrected chi connectivity index (χ1v) is 6.77. The van der Waals surface area contributed by atoms with Gasteiger partial charge in [0, 0.05) is 10.7 Å². The van der Waals surface area contributed by atoms with Crippen molar-refractivity contribution in [3.63, 3.8) is 0 Å². The van der Waals surface area contributed by atoms with E-state index in [1.54, 1.807) is 0 Å². The highest BCUT2D eigenvalue weighted by molar-refractivity contribution is 8.06. The summed E-state index contributed by atoms with van der Waals surface area (Å²) in [4.78, 5) is 24.5. The van der Waals surface area contributed by atoms with E-state index in [-0.39, 0.29) is 22.7 Å². The first-order valence-electron chi connectivity index (χ1n) is 4.74. The van der Waals surface area contributed by atoms with Gasteiger partial charge in [-0.3, -0.25) is 9.69 Å². The van der Waals surface area contributed by atoms with Crippen LogP contribution in [0.25, 0.3) is 0 Å². The van der Waals surface area contributed by atoms with Crippen molar-refractivity contribution in [3.8, 4) is 6.07 Å². The maximum atomic E-state index is 11.5. The van der Waals surface area contributed by atoms with Crippen LogP contribution in [0.5, 0.6) is 0 Å². The second-order valence-corrected chi connectivity index (χ2v) is 5.63. The summed E-state index contributed by atoms with van der Waals surface area (Å²) in [7, 11) is 0. The highest BCUT2D eigenvalue weighted by Crippen LogP contribution is 2.42. The van der Waals surface area contributed by atoms with E-state index in [0.717, 1.165) is 11.8 Å². The Morgan fingerprint density at radius 1 is 1.76 bits per heavy atom. The summed E-state index contributed by atoms with van der Waals surface area (Å²) in [6.07, 6.45) is 0. The van der Waals surface area contributed by atoms with Gasteiger partial charge in [0.05, 0.1) is 11.8 Å². The topological polar surface area (TPSA) is 107 Å². The maximum Gasteiger partial charge on any atom is 0.353 e. The smallest absolute Gasteiger partial charge is 0.353 e. The van der Waals surface area contributed by atoms with E-state index in [4.69, 9.17) is 16.1 Å². The lowest BCUT2D eigenvalue weighted by atomic mass is 10.1. The Bertz CT molecular complexity index is 457. The van der Waals surface area contributed by atoms with E-state index < -0.39 is 12.0 Å². The molecule has 1 amide bonds. The van der Waals surface area contributed by atoms with Crippen LogP contribution >= 0.6 is 23.5 Å². The molecule has 0 unspecified atom stereocenters. The van der Waals surface area contributed by atoms with Gasteiger partial charge >= 0.3 is 5.97 Å². The number of hydrogen-bond acceptors (Lipinski definition) is 6. The van der Waals surface area contributed by atoms with Crippen molar-refractivity contribution >= 4 is 35.4 Å². The quantitative estimate of drug-likeness (QED) is 0.683. The highest BCUT2D eigenvalue weighted by Gasteiger charge is 2.51. The van der Waals surface area contributed by atoms with Gasteiger partial charge in [0.2, 0.25) is 5.91 Å². The number of thioether (sulfide) groups is 2. The first kappa shape index (κ1) is 12.3. The summed E-state index contributed by atoms with van der Waals surface area (Å²) in [5, 5.41) is 17.4. The largest absolute Gasteiger partial charge is 0.477 e. The summed E-state index contributed by atoms with van der Waals surface area (Å²) >= 11 is 2.59. The second kappa shape index (κ2) is 4.60. The van der Waals surface area contributed by atoms with Crippen LogP contribution in [0.1, 0.15) is 0 Å². The molecule has 90 valence electrons. The number of β-lactam (4-membered cyclic amide) rings is 1. The number of hydrogen-bond donors (Lipinski definition) is 2. The average molecular weight is 271 g/mol. The van der Waals surface area contributed by atoms with Crippen LogP contribution in [-0.4, -0.2) is 44.8 Å². The Hall–Kier alpha value is -1.17. The predicted molar refractivity (Wildman–Crippen MR) is 63.8 cm³/mol. The molecule has 2 heterocycles. The predicted octanol–water partition coefficient (Wildman–Crippen LogP) is -0.218. The third-order valence-corrected chi connectivity index (χ3v) is 4.93. The molecule has 6 nitrogen and oxygen atoms in total. The fourth-order valence-corrected chi connectivity index (χ4v) is 3.96. The number of nitrogens with two attached hydrogens (primary N) is 1. The average Bonchev–Trinajstić information content (AvgIpc) is 2.33. The fourth-order valence-electron chi connectivity index (χ4n) is 1.72. The molecule has 3 N–H and O–H groups in total. The van der Waals surface area contributed by atoms with Crippen LogP contribution in [0.4, 0.5) is 0 Å². The van der Waals surface area contributed by atoms with Crippen molar-refractivity contribution in [2.45, 2.75) is 11.4 Å². The number of aliphatic carboxylic acids is 1. The van der Waals surface area contributed by atoms with E-state index in [1.807, 2.05) is 6.07 Å². The molecule has 0 aromatic heterocycles. The summed E-state index contributed by atoms with van der Waals surface area (Å²) in [6.45, 7) is 0. The zero-order valence-corrected chi connectivity index (χ0v) is 10.3. The molecular weight excluding hydrogens is 262 g/mol. The number of carboxylic acids is 1. The molecule has 0 radical (unpaired) electrons. The third kappa shape index (κ3) is 1.90. The van der Waals surface area contributed by atoms with E-state index in [9.17, 15) is 9.59 Å². The zero-order chi connectivity index (χ0) is 12.6. The monoisotopic (exact) mass is 271 g/mol. The number of carboxylic acid groups (broad SMARTS) is 1. The Morgan fingerprint density at radius 2 is 2.47 bits per heavy atom. The van der Waals surface area contributed by atoms with Crippen molar-refractivity contribution < 1.29 is 14.7 Å². The summed E-state index contributed by atoms with van der Waals surface area (Å²) < 4.78 is 0. The number of nitriles is 1. The fraction of sp³-hybridized carbons (Fsp3) is 0.444. The number of fused-ring (bicyclic) bond motifs is 1. The molecule has 0 saturated carbocycles. The molecule has 1 fully saturated rings. The van der Waals surface area contributed by atoms with Crippen molar-refractivity contribution in [2.24, 2.45) is 5.73 Å². The number of carbonyl (C=O) groups is 2. The number of rotatable bonds is 3. The summed E-state index contributed by atoms with van der Waals surface area (Å²) in [6, 6.07) is 1.32. The molecule has 0 bridgehead atoms. The minimum absolute atomic E-state index is 0.0132. The van der Waals surface area contributed by atoms with Gasteiger partial charge in [0.15, 0.2) is 0 Å². The number of amides is 1. The molecule has 2 aliphatic rings. The van der Waals surface area contributed by atoms with Crippen molar-refractivity contribution in [3.05, 3.63) is 10.6 Å². The van der Waals surface area contributed by atoms with Crippen LogP contribution < -0.4 is 5.73 Å². The Kier molecular flexibility index (Phi) is 3.33. The molecule has 2 rings (SSSR count). The summed E-state index contributed by atoms with van der Waals surface area (Å²) in [5.74, 6) is -0.854. The lowest BCUT2D eigenvalue weighted by Gasteiger charge is -2.47. The van der Waals surface area contributed by atoms with Crippen molar-refractivity contribution in [1.29, 1.82) is 5.26 Å². The number of carbonyl (C=O) groups excluding carboxylic acids is 1. The summed E-state index contributed by atoms with van der Waals surface area (Å²) in [5.41, 5.74) is 5.58. The van der Waals surface area contributed by atoms with Crippen molar-refractivity contribution in [2.75, 3.05) is 11.5 Å². The van der Waals surface area contributed by atoms with E-state index in [2.05, 4.69) is 0 Å². The van der Waals surface area contributed by atoms with Gasteiger partial charge < -0.3 is 10.8 Å². The standard InChI is InChI=1S/C9H9N3O3S2/c10-1-2-16-4-3-17-8-5(11)7(13)12(8)6(4)9(14)15/h5,8H,2-3,11H2,(H,14,15)/t5-,8+/m1/s1. The molecule has 8 heteroatoms. The molecule has 17 heavy (non-hydrogen) atoms. The van der Waals surface area contributed by atoms with Crippen LogP contribution in [0.3, 0.4) is 0 Å². The van der Waals surface area contributed by atoms with Crippen LogP contribution in [0.2, 0.25) is 0 Å². The zero-order valence-electron chi connectivity index (χ0n) is 8.62. The lowest BCUT2D eigenvalue weighted by Crippen LogP contribution is -2.68. The molecule has 1 saturated heterocycles. The highest BCUT2D eigenvalue weighted by atomic mass is 32.2. The molecule has 0 aliphatic carbocycles. The normalized spacial score (nSPS) is 27.3. The van der Waals surface area contributed by atoms with Crippen LogP contribution in [0.15, 0.2) is 10.6 Å². The molecule has 0 aromatic carbocycles. The van der Waals surface area contributed by atoms with E-state index in [0.29, 0.717) is 10.7 Å². The third-order valence-electron chi connectivity index (χ3n) is 2.49. The van der Waals surface area contributed by atoms with Crippen molar-refractivity contribution in [1.82, 2.24) is 4.90 Å². The molecular formula is C9H9N3O3S2. The minimum atomic E-state index is -1.14. The maximum absolute atomic E-state index is 11.5. The Labute approximate surface area is 106 Å². The minimum Gasteiger partial charge on any atom is -0.477 e. The van der Waals surface area contributed by atoms with Crippen LogP contribution in [-0.2, 0) is 9.59 Å². The van der Waals surface area contributed by atoms with Gasteiger partial charge in [-0.25, -0.2) is 4.79 Å². The van der Waals surface area contributed by atoms with E-state index >= 15 is 0 Å². The molecule has 0 spiro atoms. The van der Waals surface area contributed by atoms with Gasteiger partial charge in [0.25, 0.3) is 0 Å². The van der Waals surface area contributed by atoms with Gasteiger partial charge in [-0.1, -0.05) is 0 Å². The van der Waals surface area contributed by atoms with Gasteiger partial charge in [-0.05, 0) is 0 Å². The van der Waals surface area contributed by atoms with Crippen LogP contribution in [0, 0.1) is 11.3 Å². The number of nitrogens with zero attached hydrogens (tertiary/aromatic N) is 2. The van der Waals surface area contributed by atoms with Gasteiger partial charge in [-0.2, -0.15) is 5.26 Å². The van der Waals surface area contributed by atoms with E-state index in [1.165, 1.54) is 16.7 Å².